The van der Waals surface area contributed by atoms with Gasteiger partial charge in [0.15, 0.2) is 0 Å². The summed E-state index contributed by atoms with van der Waals surface area (Å²) in [7, 11) is -3.89. The minimum absolute atomic E-state index is 0.193. The molecule has 0 saturated heterocycles. The van der Waals surface area contributed by atoms with Crippen LogP contribution in [0.5, 0.6) is 0 Å². The summed E-state index contributed by atoms with van der Waals surface area (Å²) in [6, 6.07) is 24.0. The van der Waals surface area contributed by atoms with Gasteiger partial charge in [0.2, 0.25) is 0 Å². The summed E-state index contributed by atoms with van der Waals surface area (Å²) in [5.41, 5.74) is 1.05. The molecule has 0 unspecified atom stereocenters. The van der Waals surface area contributed by atoms with Gasteiger partial charge in [-0.1, -0.05) is 0 Å². The Morgan fingerprint density at radius 3 is 2.22 bits per heavy atom. The molecule has 168 valence electrons. The number of nitrogens with one attached hydrogen (secondary N) is 1. The van der Waals surface area contributed by atoms with Gasteiger partial charge in [0.05, 0.1) is 0 Å². The van der Waals surface area contributed by atoms with Gasteiger partial charge in [-0.2, -0.15) is 0 Å². The molecule has 1 N–H and O–H groups in total. The number of nitrogens with zero attached hydrogens (tertiary/aromatic N) is 1. The topological polar surface area (TPSA) is 75.7 Å². The van der Waals surface area contributed by atoms with E-state index < -0.39 is 31.2 Å². The van der Waals surface area contributed by atoms with E-state index in [1.54, 1.807) is 73.7 Å². The van der Waals surface area contributed by atoms with Crippen LogP contribution in [0.3, 0.4) is 0 Å². The molecular formula is C23H24N2O4S2Se. The van der Waals surface area contributed by atoms with Gasteiger partial charge in [0.1, 0.15) is 0 Å². The van der Waals surface area contributed by atoms with Crippen LogP contribution in [0.15, 0.2) is 89.8 Å². The normalized spacial score (nSPS) is 12.2. The summed E-state index contributed by atoms with van der Waals surface area (Å²) in [5.74, 6) is -0.105. The molecule has 9 heteroatoms. The Labute approximate surface area is 200 Å². The Bertz CT molecular complexity index is 1130. The third kappa shape index (κ3) is 5.74. The fraction of sp³-hybridized carbons (Fsp3) is 0.174. The molecule has 32 heavy (non-hydrogen) atoms. The number of esters is 1. The fourth-order valence-electron chi connectivity index (χ4n) is 2.92. The van der Waals surface area contributed by atoms with Crippen LogP contribution in [0.1, 0.15) is 6.92 Å². The first kappa shape index (κ1) is 24.4. The molecule has 3 rings (SSSR count). The second kappa shape index (κ2) is 11.5. The van der Waals surface area contributed by atoms with Gasteiger partial charge in [-0.3, -0.25) is 0 Å². The number of carbonyl (C=O) groups excluding carboxylic acids is 1. The zero-order valence-corrected chi connectivity index (χ0v) is 20.8. The van der Waals surface area contributed by atoms with E-state index in [2.05, 4.69) is 17.0 Å². The quantitative estimate of drug-likeness (QED) is 0.237. The Balaban J connectivity index is 2.03. The van der Waals surface area contributed by atoms with E-state index in [9.17, 15) is 13.2 Å². The van der Waals surface area contributed by atoms with Gasteiger partial charge in [-0.15, -0.1) is 0 Å². The summed E-state index contributed by atoms with van der Waals surface area (Å²) in [6.45, 7) is 2.03. The molecular weight excluding hydrogens is 511 g/mol. The van der Waals surface area contributed by atoms with Crippen molar-refractivity contribution in [2.45, 2.75) is 17.9 Å². The van der Waals surface area contributed by atoms with Gasteiger partial charge >= 0.3 is 201 Å². The number of hydrogen-bond acceptors (Lipinski definition) is 6. The van der Waals surface area contributed by atoms with E-state index in [1.807, 2.05) is 18.2 Å². The molecule has 1 atom stereocenters. The SMILES string of the molecule is CCOC(=O)[C@H](CS)N[Se]c1ccccc1N(c1ccccc1)S(=O)(=O)c1ccccc1. The van der Waals surface area contributed by atoms with Gasteiger partial charge in [-0.05, 0) is 0 Å². The van der Waals surface area contributed by atoms with Crippen molar-refractivity contribution < 1.29 is 17.9 Å². The second-order valence-corrected chi connectivity index (χ2v) is 10.6. The van der Waals surface area contributed by atoms with Crippen molar-refractivity contribution in [3.05, 3.63) is 84.9 Å². The third-order valence-electron chi connectivity index (χ3n) is 4.42. The molecule has 6 nitrogen and oxygen atoms in total. The molecule has 0 saturated carbocycles. The predicted octanol–water partition coefficient (Wildman–Crippen LogP) is 2.91. The van der Waals surface area contributed by atoms with Crippen LogP contribution in [0.2, 0.25) is 0 Å². The van der Waals surface area contributed by atoms with Crippen LogP contribution in [0.25, 0.3) is 0 Å². The van der Waals surface area contributed by atoms with Crippen molar-refractivity contribution in [1.29, 1.82) is 0 Å². The first-order chi connectivity index (χ1) is 15.5. The van der Waals surface area contributed by atoms with E-state index in [1.165, 1.54) is 4.31 Å². The van der Waals surface area contributed by atoms with Crippen LogP contribution in [-0.4, -0.2) is 48.0 Å². The van der Waals surface area contributed by atoms with Gasteiger partial charge in [0, 0.05) is 0 Å². The molecule has 0 aromatic heterocycles. The van der Waals surface area contributed by atoms with Crippen molar-refractivity contribution in [3.8, 4) is 0 Å². The van der Waals surface area contributed by atoms with Crippen LogP contribution >= 0.6 is 12.6 Å². The zero-order chi connectivity index (χ0) is 23.0. The second-order valence-electron chi connectivity index (χ2n) is 6.59. The number of hydrogen-bond donors (Lipinski definition) is 2. The van der Waals surface area contributed by atoms with Crippen LogP contribution in [-0.2, 0) is 19.6 Å². The number of sulfonamides is 1. The van der Waals surface area contributed by atoms with E-state index in [-0.39, 0.29) is 23.2 Å². The molecule has 0 fully saturated rings. The number of benzene rings is 3. The maximum absolute atomic E-state index is 13.7. The Morgan fingerprint density at radius 2 is 1.59 bits per heavy atom. The summed E-state index contributed by atoms with van der Waals surface area (Å²) in [4.78, 5) is 12.3. The number of anilines is 2. The zero-order valence-electron chi connectivity index (χ0n) is 17.4. The average molecular weight is 536 g/mol. The predicted molar refractivity (Wildman–Crippen MR) is 131 cm³/mol. The Kier molecular flexibility index (Phi) is 8.78. The number of thiol groups is 1. The summed E-state index contributed by atoms with van der Waals surface area (Å²) < 4.78 is 37.8. The van der Waals surface area contributed by atoms with Gasteiger partial charge in [-0.25, -0.2) is 0 Å². The van der Waals surface area contributed by atoms with Crippen molar-refractivity contribution in [2.75, 3.05) is 16.7 Å². The molecule has 3 aromatic carbocycles. The third-order valence-corrected chi connectivity index (χ3v) is 8.57. The Hall–Kier alpha value is -2.29. The minimum atomic E-state index is -3.89. The molecule has 0 spiro atoms. The number of ether oxygens (including phenoxy) is 1. The molecule has 0 radical (unpaired) electrons. The molecule has 0 bridgehead atoms. The maximum atomic E-state index is 13.7. The van der Waals surface area contributed by atoms with E-state index in [0.29, 0.717) is 11.4 Å². The average Bonchev–Trinajstić information content (AvgIpc) is 2.82. The van der Waals surface area contributed by atoms with Crippen molar-refractivity contribution in [2.24, 2.45) is 0 Å². The van der Waals surface area contributed by atoms with Crippen molar-refractivity contribution >= 4 is 59.6 Å². The summed E-state index contributed by atoms with van der Waals surface area (Å²) in [5, 5.41) is 0. The van der Waals surface area contributed by atoms with Crippen molar-refractivity contribution in [1.82, 2.24) is 4.33 Å². The number of rotatable bonds is 10. The molecule has 3 aromatic rings. The van der Waals surface area contributed by atoms with Crippen LogP contribution in [0, 0.1) is 0 Å². The first-order valence-electron chi connectivity index (χ1n) is 9.93. The van der Waals surface area contributed by atoms with Crippen LogP contribution in [0.4, 0.5) is 11.4 Å². The molecule has 0 heterocycles. The van der Waals surface area contributed by atoms with Gasteiger partial charge in [0.25, 0.3) is 0 Å². The molecule has 0 aliphatic heterocycles. The molecule has 0 amide bonds. The fourth-order valence-corrected chi connectivity index (χ4v) is 6.90. The number of carbonyl (C=O) groups is 1. The van der Waals surface area contributed by atoms with E-state index in [0.717, 1.165) is 4.46 Å². The van der Waals surface area contributed by atoms with E-state index >= 15 is 0 Å². The Morgan fingerprint density at radius 1 is 1.00 bits per heavy atom. The summed E-state index contributed by atoms with van der Waals surface area (Å²) >= 11 is 3.83. The standard InChI is InChI=1S/C23H24N2O4S2Se/c1-2-29-23(26)20(17-30)24-32-22-16-10-9-15-21(22)25(18-11-5-3-6-12-18)31(27,28)19-13-7-4-8-14-19/h3-16,20,24,30H,2,17H2,1H3/t20-/m0/s1. The van der Waals surface area contributed by atoms with Crippen LogP contribution < -0.4 is 13.1 Å². The monoisotopic (exact) mass is 536 g/mol. The first-order valence-corrected chi connectivity index (χ1v) is 13.7. The van der Waals surface area contributed by atoms with Crippen molar-refractivity contribution in [3.63, 3.8) is 0 Å². The molecule has 0 aliphatic carbocycles. The molecule has 0 aliphatic rings. The van der Waals surface area contributed by atoms with Gasteiger partial charge < -0.3 is 0 Å². The van der Waals surface area contributed by atoms with E-state index in [4.69, 9.17) is 4.74 Å². The number of para-hydroxylation sites is 2. The summed E-state index contributed by atoms with van der Waals surface area (Å²) in [6.07, 6.45) is 0.